The minimum absolute atomic E-state index is 0.104. The van der Waals surface area contributed by atoms with Gasteiger partial charge in [0.05, 0.1) is 6.04 Å². The van der Waals surface area contributed by atoms with Gasteiger partial charge < -0.3 is 5.73 Å². The van der Waals surface area contributed by atoms with Gasteiger partial charge >= 0.3 is 0 Å². The molecule has 3 heteroatoms. The van der Waals surface area contributed by atoms with Crippen LogP contribution < -0.4 is 5.73 Å². The van der Waals surface area contributed by atoms with Gasteiger partial charge in [-0.15, -0.1) is 0 Å². The van der Waals surface area contributed by atoms with E-state index in [1.165, 1.54) is 11.1 Å². The summed E-state index contributed by atoms with van der Waals surface area (Å²) in [5, 5.41) is 0. The zero-order chi connectivity index (χ0) is 13.1. The lowest BCUT2D eigenvalue weighted by atomic mass is 9.94. The lowest BCUT2D eigenvalue weighted by Crippen LogP contribution is -2.14. The number of hydrogen-bond acceptors (Lipinski definition) is 1. The molecule has 94 valence electrons. The first kappa shape index (κ1) is 13.8. The van der Waals surface area contributed by atoms with E-state index < -0.39 is 0 Å². The van der Waals surface area contributed by atoms with Gasteiger partial charge in [-0.1, -0.05) is 63.0 Å². The maximum Gasteiger partial charge on any atom is 0.0565 e. The molecule has 1 atom stereocenters. The van der Waals surface area contributed by atoms with Crippen molar-refractivity contribution in [2.24, 2.45) is 5.73 Å². The third-order valence-electron chi connectivity index (χ3n) is 3.06. The molecule has 0 amide bonds. The van der Waals surface area contributed by atoms with E-state index in [2.05, 4.69) is 63.0 Å². The van der Waals surface area contributed by atoms with Crippen LogP contribution in [0.2, 0.25) is 0 Å². The average Bonchev–Trinajstić information content (AvgIpc) is 2.40. The van der Waals surface area contributed by atoms with Crippen molar-refractivity contribution in [2.45, 2.75) is 19.4 Å². The van der Waals surface area contributed by atoms with Crippen LogP contribution in [0.25, 0.3) is 0 Å². The van der Waals surface area contributed by atoms with Crippen molar-refractivity contribution in [1.82, 2.24) is 0 Å². The molecule has 1 unspecified atom stereocenters. The van der Waals surface area contributed by atoms with Crippen LogP contribution in [0.15, 0.2) is 51.4 Å². The molecule has 1 nitrogen and oxygen atoms in total. The van der Waals surface area contributed by atoms with E-state index in [0.717, 1.165) is 20.9 Å². The number of hydrogen-bond donors (Lipinski definition) is 1. The average molecular weight is 369 g/mol. The molecule has 0 aromatic heterocycles. The minimum atomic E-state index is -0.104. The summed E-state index contributed by atoms with van der Waals surface area (Å²) in [5.41, 5.74) is 10.0. The Morgan fingerprint density at radius 1 is 1.06 bits per heavy atom. The number of benzene rings is 2. The summed E-state index contributed by atoms with van der Waals surface area (Å²) in [6.07, 6.45) is 0.996. The molecule has 18 heavy (non-hydrogen) atoms. The molecule has 0 aliphatic heterocycles. The van der Waals surface area contributed by atoms with E-state index in [4.69, 9.17) is 5.73 Å². The second-order valence-corrected chi connectivity index (χ2v) is 5.97. The molecule has 0 bridgehead atoms. The van der Waals surface area contributed by atoms with Crippen LogP contribution in [0.5, 0.6) is 0 Å². The maximum absolute atomic E-state index is 6.41. The SMILES string of the molecule is CCc1ccccc1C(N)c1cc(Br)ccc1Br. The zero-order valence-corrected chi connectivity index (χ0v) is 13.3. The predicted octanol–water partition coefficient (Wildman–Crippen LogP) is 4.82. The molecule has 2 rings (SSSR count). The summed E-state index contributed by atoms with van der Waals surface area (Å²) in [4.78, 5) is 0. The first-order valence-corrected chi connectivity index (χ1v) is 7.50. The van der Waals surface area contributed by atoms with Crippen molar-refractivity contribution in [3.63, 3.8) is 0 Å². The first-order valence-electron chi connectivity index (χ1n) is 5.91. The molecule has 0 radical (unpaired) electrons. The van der Waals surface area contributed by atoms with E-state index in [-0.39, 0.29) is 6.04 Å². The Hall–Kier alpha value is -0.640. The highest BCUT2D eigenvalue weighted by molar-refractivity contribution is 9.11. The lowest BCUT2D eigenvalue weighted by Gasteiger charge is -2.18. The van der Waals surface area contributed by atoms with Crippen LogP contribution >= 0.6 is 31.9 Å². The van der Waals surface area contributed by atoms with E-state index in [1.807, 2.05) is 18.2 Å². The van der Waals surface area contributed by atoms with Gasteiger partial charge in [0.1, 0.15) is 0 Å². The van der Waals surface area contributed by atoms with Crippen LogP contribution in [-0.4, -0.2) is 0 Å². The van der Waals surface area contributed by atoms with Gasteiger partial charge in [-0.05, 0) is 41.3 Å². The van der Waals surface area contributed by atoms with Crippen molar-refractivity contribution in [2.75, 3.05) is 0 Å². The number of aryl methyl sites for hydroxylation is 1. The normalized spacial score (nSPS) is 12.4. The molecule has 0 fully saturated rings. The van der Waals surface area contributed by atoms with Crippen molar-refractivity contribution >= 4 is 31.9 Å². The third kappa shape index (κ3) is 2.85. The topological polar surface area (TPSA) is 26.0 Å². The molecule has 0 aliphatic carbocycles. The van der Waals surface area contributed by atoms with Crippen LogP contribution in [-0.2, 0) is 6.42 Å². The van der Waals surface area contributed by atoms with Gasteiger partial charge in [-0.2, -0.15) is 0 Å². The lowest BCUT2D eigenvalue weighted by molar-refractivity contribution is 0.844. The highest BCUT2D eigenvalue weighted by atomic mass is 79.9. The molecule has 0 spiro atoms. The Kier molecular flexibility index (Phi) is 4.60. The largest absolute Gasteiger partial charge is 0.320 e. The molecule has 0 aliphatic rings. The van der Waals surface area contributed by atoms with E-state index in [1.54, 1.807) is 0 Å². The Morgan fingerprint density at radius 3 is 2.50 bits per heavy atom. The molecule has 2 aromatic carbocycles. The van der Waals surface area contributed by atoms with Gasteiger partial charge in [0, 0.05) is 8.95 Å². The Labute approximate surface area is 125 Å². The second kappa shape index (κ2) is 6.00. The Morgan fingerprint density at radius 2 is 1.78 bits per heavy atom. The standard InChI is InChI=1S/C15H15Br2N/c1-2-10-5-3-4-6-12(10)15(18)13-9-11(16)7-8-14(13)17/h3-9,15H,2,18H2,1H3. The van der Waals surface area contributed by atoms with Crippen molar-refractivity contribution < 1.29 is 0 Å². The van der Waals surface area contributed by atoms with Gasteiger partial charge in [0.15, 0.2) is 0 Å². The first-order chi connectivity index (χ1) is 8.63. The van der Waals surface area contributed by atoms with Crippen molar-refractivity contribution in [1.29, 1.82) is 0 Å². The summed E-state index contributed by atoms with van der Waals surface area (Å²) in [7, 11) is 0. The van der Waals surface area contributed by atoms with Crippen LogP contribution in [0.3, 0.4) is 0 Å². The summed E-state index contributed by atoms with van der Waals surface area (Å²) < 4.78 is 2.09. The van der Waals surface area contributed by atoms with Crippen LogP contribution in [0, 0.1) is 0 Å². The third-order valence-corrected chi connectivity index (χ3v) is 4.28. The van der Waals surface area contributed by atoms with E-state index >= 15 is 0 Å². The maximum atomic E-state index is 6.41. The summed E-state index contributed by atoms with van der Waals surface area (Å²) in [5.74, 6) is 0. The molecule has 0 heterocycles. The fourth-order valence-electron chi connectivity index (χ4n) is 2.08. The number of nitrogens with two attached hydrogens (primary N) is 1. The molecular formula is C15H15Br2N. The fourth-order valence-corrected chi connectivity index (χ4v) is 2.95. The predicted molar refractivity (Wildman–Crippen MR) is 83.7 cm³/mol. The summed E-state index contributed by atoms with van der Waals surface area (Å²) in [6, 6.07) is 14.3. The molecule has 2 N–H and O–H groups in total. The quantitative estimate of drug-likeness (QED) is 0.825. The van der Waals surface area contributed by atoms with Gasteiger partial charge in [0.25, 0.3) is 0 Å². The highest BCUT2D eigenvalue weighted by Gasteiger charge is 2.15. The van der Waals surface area contributed by atoms with E-state index in [9.17, 15) is 0 Å². The molecule has 2 aromatic rings. The molecule has 0 saturated heterocycles. The van der Waals surface area contributed by atoms with Gasteiger partial charge in [-0.25, -0.2) is 0 Å². The van der Waals surface area contributed by atoms with Crippen molar-refractivity contribution in [3.05, 3.63) is 68.1 Å². The Bertz CT molecular complexity index is 552. The molecular weight excluding hydrogens is 354 g/mol. The van der Waals surface area contributed by atoms with Crippen LogP contribution in [0.1, 0.15) is 29.7 Å². The smallest absolute Gasteiger partial charge is 0.0565 e. The van der Waals surface area contributed by atoms with Gasteiger partial charge in [0.2, 0.25) is 0 Å². The van der Waals surface area contributed by atoms with Crippen molar-refractivity contribution in [3.8, 4) is 0 Å². The second-order valence-electron chi connectivity index (χ2n) is 4.20. The van der Waals surface area contributed by atoms with E-state index in [0.29, 0.717) is 0 Å². The fraction of sp³-hybridized carbons (Fsp3) is 0.200. The monoisotopic (exact) mass is 367 g/mol. The summed E-state index contributed by atoms with van der Waals surface area (Å²) >= 11 is 7.07. The van der Waals surface area contributed by atoms with Crippen LogP contribution in [0.4, 0.5) is 0 Å². The summed E-state index contributed by atoms with van der Waals surface area (Å²) in [6.45, 7) is 2.15. The minimum Gasteiger partial charge on any atom is -0.320 e. The highest BCUT2D eigenvalue weighted by Crippen LogP contribution is 2.31. The molecule has 0 saturated carbocycles. The number of rotatable bonds is 3. The number of halogens is 2. The van der Waals surface area contributed by atoms with Gasteiger partial charge in [-0.3, -0.25) is 0 Å². The Balaban J connectivity index is 2.47. The zero-order valence-electron chi connectivity index (χ0n) is 10.2.